The van der Waals surface area contributed by atoms with Crippen molar-refractivity contribution in [2.75, 3.05) is 20.8 Å². The van der Waals surface area contributed by atoms with Gasteiger partial charge in [-0.15, -0.1) is 0 Å². The average Bonchev–Trinajstić information content (AvgIpc) is 2.45. The van der Waals surface area contributed by atoms with Gasteiger partial charge in [0.05, 0.1) is 25.3 Å². The molecule has 1 heterocycles. The molecule has 0 saturated carbocycles. The number of aromatic nitrogens is 1. The number of ether oxygens (including phenoxy) is 2. The first kappa shape index (κ1) is 14.1. The first-order valence-corrected chi connectivity index (χ1v) is 6.09. The van der Waals surface area contributed by atoms with Crippen LogP contribution in [0, 0.1) is 0 Å². The SMILES string of the molecule is COc1cc2nc(CCN)cc(C(=O)O)c2cc1OC. The number of nitrogens with two attached hydrogens (primary N) is 1. The number of aromatic carboxylic acids is 1. The number of methoxy groups -OCH3 is 2. The van der Waals surface area contributed by atoms with E-state index in [0.717, 1.165) is 0 Å². The van der Waals surface area contributed by atoms with Crippen molar-refractivity contribution in [1.82, 2.24) is 4.98 Å². The van der Waals surface area contributed by atoms with Crippen LogP contribution in [-0.2, 0) is 6.42 Å². The van der Waals surface area contributed by atoms with E-state index in [1.54, 1.807) is 18.2 Å². The van der Waals surface area contributed by atoms with Crippen LogP contribution in [0.25, 0.3) is 10.9 Å². The van der Waals surface area contributed by atoms with Gasteiger partial charge in [-0.3, -0.25) is 4.98 Å². The maximum atomic E-state index is 11.4. The van der Waals surface area contributed by atoms with Gasteiger partial charge in [0, 0.05) is 23.6 Å². The van der Waals surface area contributed by atoms with Crippen molar-refractivity contribution in [2.24, 2.45) is 5.73 Å². The highest BCUT2D eigenvalue weighted by Crippen LogP contribution is 2.33. The van der Waals surface area contributed by atoms with Crippen LogP contribution in [0.4, 0.5) is 0 Å². The molecule has 6 nitrogen and oxygen atoms in total. The zero-order valence-electron chi connectivity index (χ0n) is 11.3. The molecule has 6 heteroatoms. The molecule has 0 atom stereocenters. The van der Waals surface area contributed by atoms with E-state index in [9.17, 15) is 9.90 Å². The summed E-state index contributed by atoms with van der Waals surface area (Å²) in [6.45, 7) is 0.408. The summed E-state index contributed by atoms with van der Waals surface area (Å²) in [5.74, 6) is -0.0347. The van der Waals surface area contributed by atoms with Crippen LogP contribution in [0.2, 0.25) is 0 Å². The van der Waals surface area contributed by atoms with Gasteiger partial charge in [-0.05, 0) is 18.7 Å². The van der Waals surface area contributed by atoms with E-state index in [0.29, 0.717) is 41.1 Å². The van der Waals surface area contributed by atoms with E-state index in [2.05, 4.69) is 4.98 Å². The molecule has 0 saturated heterocycles. The lowest BCUT2D eigenvalue weighted by Crippen LogP contribution is -2.07. The van der Waals surface area contributed by atoms with Crippen molar-refractivity contribution in [3.8, 4) is 11.5 Å². The standard InChI is InChI=1S/C14H16N2O4/c1-19-12-6-9-10(14(17)18)5-8(3-4-15)16-11(9)7-13(12)20-2/h5-7H,3-4,15H2,1-2H3,(H,17,18). The van der Waals surface area contributed by atoms with E-state index in [1.165, 1.54) is 14.2 Å². The molecule has 3 N–H and O–H groups in total. The first-order valence-electron chi connectivity index (χ1n) is 6.09. The summed E-state index contributed by atoms with van der Waals surface area (Å²) in [6.07, 6.45) is 0.518. The van der Waals surface area contributed by atoms with Gasteiger partial charge in [0.1, 0.15) is 0 Å². The highest BCUT2D eigenvalue weighted by Gasteiger charge is 2.15. The third kappa shape index (κ3) is 2.50. The van der Waals surface area contributed by atoms with Crippen molar-refractivity contribution < 1.29 is 19.4 Å². The average molecular weight is 276 g/mol. The molecule has 0 fully saturated rings. The Balaban J connectivity index is 2.75. The zero-order chi connectivity index (χ0) is 14.7. The zero-order valence-corrected chi connectivity index (χ0v) is 11.3. The van der Waals surface area contributed by atoms with Crippen LogP contribution in [-0.4, -0.2) is 36.8 Å². The third-order valence-corrected chi connectivity index (χ3v) is 3.00. The van der Waals surface area contributed by atoms with Crippen molar-refractivity contribution in [2.45, 2.75) is 6.42 Å². The molecule has 0 amide bonds. The second-order valence-electron chi connectivity index (χ2n) is 4.23. The fourth-order valence-corrected chi connectivity index (χ4v) is 2.06. The highest BCUT2D eigenvalue weighted by molar-refractivity contribution is 6.03. The summed E-state index contributed by atoms with van der Waals surface area (Å²) < 4.78 is 10.4. The van der Waals surface area contributed by atoms with Gasteiger partial charge in [-0.1, -0.05) is 0 Å². The van der Waals surface area contributed by atoms with Crippen molar-refractivity contribution >= 4 is 16.9 Å². The number of benzene rings is 1. The van der Waals surface area contributed by atoms with Gasteiger partial charge in [0.15, 0.2) is 11.5 Å². The Morgan fingerprint density at radius 1 is 1.25 bits per heavy atom. The van der Waals surface area contributed by atoms with Crippen LogP contribution in [0.15, 0.2) is 18.2 Å². The second kappa shape index (κ2) is 5.75. The normalized spacial score (nSPS) is 10.6. The van der Waals surface area contributed by atoms with Crippen LogP contribution in [0.1, 0.15) is 16.1 Å². The fraction of sp³-hybridized carbons (Fsp3) is 0.286. The van der Waals surface area contributed by atoms with E-state index in [1.807, 2.05) is 0 Å². The molecule has 20 heavy (non-hydrogen) atoms. The quantitative estimate of drug-likeness (QED) is 0.858. The van der Waals surface area contributed by atoms with Crippen molar-refractivity contribution in [1.29, 1.82) is 0 Å². The van der Waals surface area contributed by atoms with Crippen LogP contribution in [0.5, 0.6) is 11.5 Å². The van der Waals surface area contributed by atoms with E-state index in [4.69, 9.17) is 15.2 Å². The topological polar surface area (TPSA) is 94.7 Å². The monoisotopic (exact) mass is 276 g/mol. The number of hydrogen-bond donors (Lipinski definition) is 2. The lowest BCUT2D eigenvalue weighted by molar-refractivity contribution is 0.0699. The molecule has 0 aliphatic heterocycles. The maximum absolute atomic E-state index is 11.4. The maximum Gasteiger partial charge on any atom is 0.336 e. The second-order valence-corrected chi connectivity index (χ2v) is 4.23. The Hall–Kier alpha value is -2.34. The van der Waals surface area contributed by atoms with Crippen LogP contribution in [0.3, 0.4) is 0 Å². The van der Waals surface area contributed by atoms with Crippen LogP contribution >= 0.6 is 0 Å². The van der Waals surface area contributed by atoms with Crippen molar-refractivity contribution in [3.63, 3.8) is 0 Å². The Labute approximate surface area is 116 Å². The minimum Gasteiger partial charge on any atom is -0.493 e. The Bertz CT molecular complexity index is 655. The number of carbonyl (C=O) groups is 1. The summed E-state index contributed by atoms with van der Waals surface area (Å²) in [5, 5.41) is 9.84. The summed E-state index contributed by atoms with van der Waals surface area (Å²) in [5.41, 5.74) is 6.87. The van der Waals surface area contributed by atoms with E-state index >= 15 is 0 Å². The number of hydrogen-bond acceptors (Lipinski definition) is 5. The number of pyridine rings is 1. The van der Waals surface area contributed by atoms with E-state index in [-0.39, 0.29) is 5.56 Å². The molecule has 1 aromatic carbocycles. The fourth-order valence-electron chi connectivity index (χ4n) is 2.06. The number of carboxylic acids is 1. The Morgan fingerprint density at radius 3 is 2.45 bits per heavy atom. The molecular weight excluding hydrogens is 260 g/mol. The van der Waals surface area contributed by atoms with Gasteiger partial charge in [-0.2, -0.15) is 0 Å². The number of rotatable bonds is 5. The molecular formula is C14H16N2O4. The molecule has 0 unspecified atom stereocenters. The molecule has 0 aliphatic carbocycles. The molecule has 2 rings (SSSR count). The van der Waals surface area contributed by atoms with Gasteiger partial charge >= 0.3 is 5.97 Å². The van der Waals surface area contributed by atoms with Gasteiger partial charge in [0.2, 0.25) is 0 Å². The minimum atomic E-state index is -1.01. The summed E-state index contributed by atoms with van der Waals surface area (Å²) in [7, 11) is 3.02. The Morgan fingerprint density at radius 2 is 1.90 bits per heavy atom. The molecule has 1 aromatic heterocycles. The Kier molecular flexibility index (Phi) is 4.05. The van der Waals surface area contributed by atoms with E-state index < -0.39 is 5.97 Å². The summed E-state index contributed by atoms with van der Waals surface area (Å²) in [4.78, 5) is 15.8. The molecule has 2 aromatic rings. The molecule has 0 aliphatic rings. The number of nitrogens with zero attached hydrogens (tertiary/aromatic N) is 1. The third-order valence-electron chi connectivity index (χ3n) is 3.00. The lowest BCUT2D eigenvalue weighted by atomic mass is 10.1. The molecule has 0 radical (unpaired) electrons. The van der Waals surface area contributed by atoms with Gasteiger partial charge in [-0.25, -0.2) is 4.79 Å². The molecule has 0 bridgehead atoms. The van der Waals surface area contributed by atoms with Crippen molar-refractivity contribution in [3.05, 3.63) is 29.5 Å². The summed E-state index contributed by atoms with van der Waals surface area (Å²) >= 11 is 0. The predicted octanol–water partition coefficient (Wildman–Crippen LogP) is 1.45. The molecule has 0 spiro atoms. The first-order chi connectivity index (χ1) is 9.60. The highest BCUT2D eigenvalue weighted by atomic mass is 16.5. The number of carboxylic acid groups (broad SMARTS) is 1. The largest absolute Gasteiger partial charge is 0.493 e. The number of fused-ring (bicyclic) bond motifs is 1. The minimum absolute atomic E-state index is 0.180. The molecule has 106 valence electrons. The smallest absolute Gasteiger partial charge is 0.336 e. The summed E-state index contributed by atoms with van der Waals surface area (Å²) in [6, 6.07) is 4.83. The lowest BCUT2D eigenvalue weighted by Gasteiger charge is -2.11. The predicted molar refractivity (Wildman–Crippen MR) is 74.6 cm³/mol. The van der Waals surface area contributed by atoms with Crippen LogP contribution < -0.4 is 15.2 Å². The van der Waals surface area contributed by atoms with Gasteiger partial charge in [0.25, 0.3) is 0 Å². The van der Waals surface area contributed by atoms with Gasteiger partial charge < -0.3 is 20.3 Å².